The molecular formula is C57H114O31. The molecule has 0 aliphatic heterocycles. The molecule has 0 aliphatic rings. The zero-order chi connectivity index (χ0) is 63.0. The van der Waals surface area contributed by atoms with E-state index in [9.17, 15) is 4.79 Å². The fourth-order valence-electron chi connectivity index (χ4n) is 6.02. The van der Waals surface area contributed by atoms with Gasteiger partial charge in [0.15, 0.2) is 0 Å². The van der Waals surface area contributed by atoms with Crippen LogP contribution in [0.3, 0.4) is 0 Å². The first kappa shape index (κ1) is 86.2. The maximum Gasteiger partial charge on any atom is 0.508 e. The van der Waals surface area contributed by atoms with Crippen molar-refractivity contribution in [3.8, 4) is 0 Å². The van der Waals surface area contributed by atoms with Crippen molar-refractivity contribution in [2.45, 2.75) is 0 Å². The second-order valence-electron chi connectivity index (χ2n) is 17.3. The van der Waals surface area contributed by atoms with Crippen LogP contribution in [0, 0.1) is 0 Å². The highest BCUT2D eigenvalue weighted by Gasteiger charge is 2.05. The summed E-state index contributed by atoms with van der Waals surface area (Å²) in [5.41, 5.74) is 0. The molecule has 0 atom stereocenters. The van der Waals surface area contributed by atoms with Crippen molar-refractivity contribution in [1.29, 1.82) is 0 Å². The van der Waals surface area contributed by atoms with Gasteiger partial charge in [-0.3, -0.25) is 0 Å². The molecule has 0 heterocycles. The van der Waals surface area contributed by atoms with Crippen molar-refractivity contribution < 1.29 is 148 Å². The number of carbonyl (C=O) groups excluding carboxylic acids is 1. The molecule has 0 aliphatic carbocycles. The van der Waals surface area contributed by atoms with Crippen LogP contribution in [0.15, 0.2) is 0 Å². The van der Waals surface area contributed by atoms with Crippen molar-refractivity contribution in [2.24, 2.45) is 0 Å². The number of aliphatic hydroxyl groups is 2. The first-order valence-electron chi connectivity index (χ1n) is 30.8. The van der Waals surface area contributed by atoms with Crippen molar-refractivity contribution >= 4 is 6.16 Å². The minimum atomic E-state index is -0.794. The summed E-state index contributed by atoms with van der Waals surface area (Å²) in [6, 6.07) is 0. The Bertz CT molecular complexity index is 1160. The fourth-order valence-corrected chi connectivity index (χ4v) is 6.02. The molecule has 0 aromatic carbocycles. The van der Waals surface area contributed by atoms with Crippen molar-refractivity contribution in [3.63, 3.8) is 0 Å². The van der Waals surface area contributed by atoms with E-state index in [1.54, 1.807) is 0 Å². The number of carbonyl (C=O) groups is 1. The van der Waals surface area contributed by atoms with E-state index in [1.807, 2.05) is 0 Å². The van der Waals surface area contributed by atoms with Gasteiger partial charge in [-0.05, 0) is 0 Å². The lowest BCUT2D eigenvalue weighted by molar-refractivity contribution is -0.0305. The van der Waals surface area contributed by atoms with Gasteiger partial charge in [-0.25, -0.2) is 4.79 Å². The monoisotopic (exact) mass is 1290 g/mol. The highest BCUT2D eigenvalue weighted by atomic mass is 16.7. The molecule has 528 valence electrons. The third-order valence-corrected chi connectivity index (χ3v) is 10.3. The lowest BCUT2D eigenvalue weighted by atomic mass is 10.6. The standard InChI is InChI=1S/C57H114O31/c58-1-3-61-5-7-63-9-11-65-13-15-67-17-19-69-21-23-71-25-27-73-29-31-75-33-35-77-37-39-79-41-43-81-45-47-83-49-51-85-53-55-87-57(60)88-56-54-86-52-50-84-48-46-82-44-42-80-40-38-78-36-34-76-32-30-74-28-26-72-24-22-70-20-18-68-16-14-66-12-10-64-8-6-62-4-2-59/h58-59H,1-56H2. The van der Waals surface area contributed by atoms with Gasteiger partial charge in [-0.15, -0.1) is 0 Å². The van der Waals surface area contributed by atoms with Gasteiger partial charge < -0.3 is 143 Å². The van der Waals surface area contributed by atoms with Gasteiger partial charge in [0.2, 0.25) is 0 Å². The van der Waals surface area contributed by atoms with Gasteiger partial charge in [-0.1, -0.05) is 0 Å². The summed E-state index contributed by atoms with van der Waals surface area (Å²) in [6.45, 7) is 23.3. The van der Waals surface area contributed by atoms with Crippen LogP contribution in [0.2, 0.25) is 0 Å². The summed E-state index contributed by atoms with van der Waals surface area (Å²) in [7, 11) is 0. The summed E-state index contributed by atoms with van der Waals surface area (Å²) in [5, 5.41) is 17.2. The molecule has 0 fully saturated rings. The third kappa shape index (κ3) is 82.2. The molecule has 2 N–H and O–H groups in total. The molecule has 0 aromatic rings. The second kappa shape index (κ2) is 83.2. The first-order valence-corrected chi connectivity index (χ1v) is 30.8. The maximum atomic E-state index is 11.7. The van der Waals surface area contributed by atoms with Crippen LogP contribution in [0.5, 0.6) is 0 Å². The normalized spacial score (nSPS) is 11.7. The summed E-state index contributed by atoms with van der Waals surface area (Å²) in [4.78, 5) is 11.7. The average molecular weight is 1300 g/mol. The molecular weight excluding hydrogens is 1180 g/mol. The SMILES string of the molecule is O=C(OCCOCCOCCOCCOCCOCCOCCOCCOCCOCCOCCOCCOCCOCCO)OCCOCCOCCOCCOCCOCCOCCOCCOCCOCCOCCOCCOCCOCCO. The number of ether oxygens (including phenoxy) is 28. The Kier molecular flexibility index (Phi) is 81.4. The van der Waals surface area contributed by atoms with E-state index in [0.29, 0.717) is 330 Å². The highest BCUT2D eigenvalue weighted by Crippen LogP contribution is 1.93. The van der Waals surface area contributed by atoms with E-state index < -0.39 is 6.16 Å². The number of rotatable bonds is 82. The Morgan fingerprint density at radius 1 is 0.136 bits per heavy atom. The minimum Gasteiger partial charge on any atom is -0.432 e. The van der Waals surface area contributed by atoms with Gasteiger partial charge in [0, 0.05) is 0 Å². The van der Waals surface area contributed by atoms with Crippen molar-refractivity contribution in [3.05, 3.63) is 0 Å². The molecule has 31 nitrogen and oxygen atoms in total. The zero-order valence-electron chi connectivity index (χ0n) is 52.8. The smallest absolute Gasteiger partial charge is 0.432 e. The molecule has 0 unspecified atom stereocenters. The Morgan fingerprint density at radius 2 is 0.216 bits per heavy atom. The largest absolute Gasteiger partial charge is 0.508 e. The molecule has 0 saturated carbocycles. The summed E-state index contributed by atoms with van der Waals surface area (Å²) in [6.07, 6.45) is -0.794. The quantitative estimate of drug-likeness (QED) is 0.0576. The predicted octanol–water partition coefficient (Wildman–Crippen LogP) is -0.444. The van der Waals surface area contributed by atoms with Crippen LogP contribution in [-0.4, -0.2) is 386 Å². The zero-order valence-corrected chi connectivity index (χ0v) is 52.8. The Balaban J connectivity index is 3.14. The van der Waals surface area contributed by atoms with Crippen LogP contribution in [0.4, 0.5) is 4.79 Å². The van der Waals surface area contributed by atoms with E-state index in [2.05, 4.69) is 0 Å². The van der Waals surface area contributed by atoms with Gasteiger partial charge >= 0.3 is 6.16 Å². The molecule has 0 radical (unpaired) electrons. The Hall–Kier alpha value is -1.85. The van der Waals surface area contributed by atoms with E-state index in [-0.39, 0.29) is 39.6 Å². The molecule has 0 spiro atoms. The van der Waals surface area contributed by atoms with Crippen molar-refractivity contribution in [1.82, 2.24) is 0 Å². The molecule has 0 amide bonds. The van der Waals surface area contributed by atoms with E-state index in [1.165, 1.54) is 0 Å². The molecule has 0 aromatic heterocycles. The summed E-state index contributed by atoms with van der Waals surface area (Å²) in [5.74, 6) is 0. The summed E-state index contributed by atoms with van der Waals surface area (Å²) >= 11 is 0. The van der Waals surface area contributed by atoms with Gasteiger partial charge in [0.05, 0.1) is 357 Å². The molecule has 0 rings (SSSR count). The molecule has 31 heteroatoms. The Labute approximate surface area is 522 Å². The number of aliphatic hydroxyl groups excluding tert-OH is 2. The van der Waals surface area contributed by atoms with Crippen LogP contribution in [-0.2, 0) is 133 Å². The van der Waals surface area contributed by atoms with Crippen LogP contribution >= 0.6 is 0 Å². The van der Waals surface area contributed by atoms with Gasteiger partial charge in [0.1, 0.15) is 13.2 Å². The molecule has 0 saturated heterocycles. The topological polar surface area (TPSA) is 316 Å². The summed E-state index contributed by atoms with van der Waals surface area (Å²) < 4.78 is 151. The van der Waals surface area contributed by atoms with Crippen molar-refractivity contribution in [2.75, 3.05) is 370 Å². The predicted molar refractivity (Wildman–Crippen MR) is 313 cm³/mol. The molecule has 0 bridgehead atoms. The lowest BCUT2D eigenvalue weighted by Crippen LogP contribution is -2.17. The fraction of sp³-hybridized carbons (Fsp3) is 0.982. The molecule has 88 heavy (non-hydrogen) atoms. The van der Waals surface area contributed by atoms with Gasteiger partial charge in [-0.2, -0.15) is 0 Å². The Morgan fingerprint density at radius 3 is 0.307 bits per heavy atom. The van der Waals surface area contributed by atoms with Crippen LogP contribution < -0.4 is 0 Å². The number of hydrogen-bond donors (Lipinski definition) is 2. The second-order valence-corrected chi connectivity index (χ2v) is 17.3. The van der Waals surface area contributed by atoms with Gasteiger partial charge in [0.25, 0.3) is 0 Å². The third-order valence-electron chi connectivity index (χ3n) is 10.3. The van der Waals surface area contributed by atoms with Crippen LogP contribution in [0.25, 0.3) is 0 Å². The lowest BCUT2D eigenvalue weighted by Gasteiger charge is -2.09. The number of hydrogen-bond acceptors (Lipinski definition) is 31. The average Bonchev–Trinajstić information content (AvgIpc) is 3.53. The van der Waals surface area contributed by atoms with Crippen LogP contribution in [0.1, 0.15) is 0 Å². The first-order chi connectivity index (χ1) is 43.8. The highest BCUT2D eigenvalue weighted by molar-refractivity contribution is 5.59. The minimum absolute atomic E-state index is 0.0134. The van der Waals surface area contributed by atoms with E-state index in [4.69, 9.17) is 143 Å². The van der Waals surface area contributed by atoms with E-state index in [0.717, 1.165) is 0 Å². The van der Waals surface area contributed by atoms with E-state index >= 15 is 0 Å². The maximum absolute atomic E-state index is 11.7.